The summed E-state index contributed by atoms with van der Waals surface area (Å²) < 4.78 is 0. The van der Waals surface area contributed by atoms with Gasteiger partial charge < -0.3 is 10.6 Å². The number of rotatable bonds is 7. The molecule has 2 aromatic carbocycles. The lowest BCUT2D eigenvalue weighted by atomic mass is 10.1. The predicted octanol–water partition coefficient (Wildman–Crippen LogP) is 4.07. The number of nitrogens with zero attached hydrogens (tertiary/aromatic N) is 2. The molecule has 0 saturated carbocycles. The summed E-state index contributed by atoms with van der Waals surface area (Å²) in [6, 6.07) is 14.0. The average Bonchev–Trinajstić information content (AvgIpc) is 3.11. The SMILES string of the molecule is Cc1ccc(NCc2nc(SCC(=O)Nc3ccc(C)c(C)c3)n[nH]2)cc1. The highest BCUT2D eigenvalue weighted by atomic mass is 32.2. The van der Waals surface area contributed by atoms with Crippen LogP contribution in [0.3, 0.4) is 0 Å². The highest BCUT2D eigenvalue weighted by Crippen LogP contribution is 2.17. The number of aromatic nitrogens is 3. The predicted molar refractivity (Wildman–Crippen MR) is 110 cm³/mol. The zero-order valence-electron chi connectivity index (χ0n) is 15.7. The molecule has 0 saturated heterocycles. The van der Waals surface area contributed by atoms with Gasteiger partial charge in [-0.15, -0.1) is 5.10 Å². The molecule has 0 aliphatic heterocycles. The number of hydrogen-bond acceptors (Lipinski definition) is 5. The molecular formula is C20H23N5OS. The van der Waals surface area contributed by atoms with Gasteiger partial charge in [0, 0.05) is 11.4 Å². The Hall–Kier alpha value is -2.80. The van der Waals surface area contributed by atoms with Gasteiger partial charge in [0.1, 0.15) is 5.82 Å². The van der Waals surface area contributed by atoms with Crippen LogP contribution in [0.15, 0.2) is 47.6 Å². The summed E-state index contributed by atoms with van der Waals surface area (Å²) in [6.07, 6.45) is 0. The molecule has 6 nitrogen and oxygen atoms in total. The van der Waals surface area contributed by atoms with Crippen LogP contribution in [0.4, 0.5) is 11.4 Å². The number of carbonyl (C=O) groups is 1. The van der Waals surface area contributed by atoms with Gasteiger partial charge in [-0.3, -0.25) is 9.89 Å². The minimum atomic E-state index is -0.0765. The first-order chi connectivity index (χ1) is 13.0. The molecule has 27 heavy (non-hydrogen) atoms. The molecule has 1 aromatic heterocycles. The number of amides is 1. The maximum absolute atomic E-state index is 12.1. The smallest absolute Gasteiger partial charge is 0.234 e. The number of nitrogens with one attached hydrogen (secondary N) is 3. The van der Waals surface area contributed by atoms with Gasteiger partial charge in [-0.25, -0.2) is 4.98 Å². The van der Waals surface area contributed by atoms with E-state index in [1.54, 1.807) is 0 Å². The molecule has 0 spiro atoms. The van der Waals surface area contributed by atoms with E-state index in [1.165, 1.54) is 22.9 Å². The zero-order chi connectivity index (χ0) is 19.2. The molecule has 0 bridgehead atoms. The number of anilines is 2. The highest BCUT2D eigenvalue weighted by Gasteiger charge is 2.08. The molecule has 0 aliphatic rings. The molecule has 3 rings (SSSR count). The standard InChI is InChI=1S/C20H23N5OS/c1-13-4-7-16(8-5-13)21-11-18-23-20(25-24-18)27-12-19(26)22-17-9-6-14(2)15(3)10-17/h4-10,21H,11-12H2,1-3H3,(H,22,26)(H,23,24,25). The third kappa shape index (κ3) is 5.59. The van der Waals surface area contributed by atoms with Crippen LogP contribution in [0, 0.1) is 20.8 Å². The summed E-state index contributed by atoms with van der Waals surface area (Å²) >= 11 is 1.31. The van der Waals surface area contributed by atoms with E-state index in [0.29, 0.717) is 11.7 Å². The fraction of sp³-hybridized carbons (Fsp3) is 0.250. The summed E-state index contributed by atoms with van der Waals surface area (Å²) in [5, 5.41) is 13.8. The van der Waals surface area contributed by atoms with Gasteiger partial charge in [-0.2, -0.15) is 0 Å². The van der Waals surface area contributed by atoms with E-state index in [0.717, 1.165) is 22.8 Å². The normalized spacial score (nSPS) is 10.6. The van der Waals surface area contributed by atoms with Crippen LogP contribution in [0.1, 0.15) is 22.5 Å². The number of aromatic amines is 1. The Morgan fingerprint density at radius 3 is 2.52 bits per heavy atom. The van der Waals surface area contributed by atoms with Crippen LogP contribution in [0.2, 0.25) is 0 Å². The molecule has 140 valence electrons. The van der Waals surface area contributed by atoms with E-state index in [-0.39, 0.29) is 11.7 Å². The fourth-order valence-corrected chi connectivity index (χ4v) is 3.04. The topological polar surface area (TPSA) is 82.7 Å². The summed E-state index contributed by atoms with van der Waals surface area (Å²) in [4.78, 5) is 16.5. The molecule has 1 amide bonds. The average molecular weight is 382 g/mol. The quantitative estimate of drug-likeness (QED) is 0.537. The molecular weight excluding hydrogens is 358 g/mol. The second-order valence-corrected chi connectivity index (χ2v) is 7.36. The van der Waals surface area contributed by atoms with Crippen molar-refractivity contribution in [2.45, 2.75) is 32.5 Å². The third-order valence-electron chi connectivity index (χ3n) is 4.15. The Morgan fingerprint density at radius 1 is 1.04 bits per heavy atom. The van der Waals surface area contributed by atoms with Crippen molar-refractivity contribution >= 4 is 29.0 Å². The van der Waals surface area contributed by atoms with Gasteiger partial charge in [0.2, 0.25) is 11.1 Å². The fourth-order valence-electron chi connectivity index (χ4n) is 2.42. The van der Waals surface area contributed by atoms with Gasteiger partial charge in [-0.05, 0) is 56.2 Å². The first kappa shape index (κ1) is 19.0. The molecule has 7 heteroatoms. The molecule has 0 aliphatic carbocycles. The molecule has 3 N–H and O–H groups in total. The number of H-pyrrole nitrogens is 1. The van der Waals surface area contributed by atoms with Gasteiger partial charge in [0.25, 0.3) is 0 Å². The van der Waals surface area contributed by atoms with Crippen LogP contribution in [-0.4, -0.2) is 26.8 Å². The number of thioether (sulfide) groups is 1. The van der Waals surface area contributed by atoms with Crippen molar-refractivity contribution in [1.82, 2.24) is 15.2 Å². The number of hydrogen-bond donors (Lipinski definition) is 3. The second-order valence-electron chi connectivity index (χ2n) is 6.42. The molecule has 0 radical (unpaired) electrons. The maximum Gasteiger partial charge on any atom is 0.234 e. The van der Waals surface area contributed by atoms with Crippen molar-refractivity contribution < 1.29 is 4.79 Å². The monoisotopic (exact) mass is 381 g/mol. The van der Waals surface area contributed by atoms with Gasteiger partial charge >= 0.3 is 0 Å². The Labute approximate surface area is 163 Å². The first-order valence-corrected chi connectivity index (χ1v) is 9.70. The Balaban J connectivity index is 1.46. The number of aryl methyl sites for hydroxylation is 3. The summed E-state index contributed by atoms with van der Waals surface area (Å²) in [5.41, 5.74) is 5.41. The molecule has 3 aromatic rings. The molecule has 0 fully saturated rings. The third-order valence-corrected chi connectivity index (χ3v) is 4.99. The van der Waals surface area contributed by atoms with Crippen molar-refractivity contribution in [2.75, 3.05) is 16.4 Å². The minimum Gasteiger partial charge on any atom is -0.378 e. The Bertz CT molecular complexity index is 920. The van der Waals surface area contributed by atoms with E-state index >= 15 is 0 Å². The van der Waals surface area contributed by atoms with Gasteiger partial charge in [-0.1, -0.05) is 35.5 Å². The lowest BCUT2D eigenvalue weighted by Gasteiger charge is -2.06. The van der Waals surface area contributed by atoms with Gasteiger partial charge in [0.05, 0.1) is 12.3 Å². The minimum absolute atomic E-state index is 0.0765. The number of benzene rings is 2. The summed E-state index contributed by atoms with van der Waals surface area (Å²) in [5.74, 6) is 0.912. The van der Waals surface area contributed by atoms with Crippen molar-refractivity contribution in [3.05, 3.63) is 65.0 Å². The lowest BCUT2D eigenvalue weighted by molar-refractivity contribution is -0.113. The molecule has 0 atom stereocenters. The summed E-state index contributed by atoms with van der Waals surface area (Å²) in [7, 11) is 0. The van der Waals surface area contributed by atoms with Crippen LogP contribution in [0.5, 0.6) is 0 Å². The molecule has 1 heterocycles. The van der Waals surface area contributed by atoms with Crippen molar-refractivity contribution in [3.8, 4) is 0 Å². The van der Waals surface area contributed by atoms with E-state index in [4.69, 9.17) is 0 Å². The van der Waals surface area contributed by atoms with Crippen LogP contribution < -0.4 is 10.6 Å². The van der Waals surface area contributed by atoms with E-state index < -0.39 is 0 Å². The van der Waals surface area contributed by atoms with Crippen LogP contribution >= 0.6 is 11.8 Å². The van der Waals surface area contributed by atoms with Crippen molar-refractivity contribution in [1.29, 1.82) is 0 Å². The van der Waals surface area contributed by atoms with Crippen LogP contribution in [0.25, 0.3) is 0 Å². The highest BCUT2D eigenvalue weighted by molar-refractivity contribution is 7.99. The van der Waals surface area contributed by atoms with E-state index in [2.05, 4.69) is 44.9 Å². The number of carbonyl (C=O) groups excluding carboxylic acids is 1. The van der Waals surface area contributed by atoms with E-state index in [9.17, 15) is 4.79 Å². The zero-order valence-corrected chi connectivity index (χ0v) is 16.5. The largest absolute Gasteiger partial charge is 0.378 e. The Kier molecular flexibility index (Phi) is 6.13. The molecule has 0 unspecified atom stereocenters. The first-order valence-electron chi connectivity index (χ1n) is 8.71. The van der Waals surface area contributed by atoms with Gasteiger partial charge in [0.15, 0.2) is 0 Å². The summed E-state index contributed by atoms with van der Waals surface area (Å²) in [6.45, 7) is 6.68. The van der Waals surface area contributed by atoms with Crippen molar-refractivity contribution in [2.24, 2.45) is 0 Å². The Morgan fingerprint density at radius 2 is 1.78 bits per heavy atom. The lowest BCUT2D eigenvalue weighted by Crippen LogP contribution is -2.14. The van der Waals surface area contributed by atoms with E-state index in [1.807, 2.05) is 44.2 Å². The van der Waals surface area contributed by atoms with Crippen molar-refractivity contribution in [3.63, 3.8) is 0 Å². The second kappa shape index (κ2) is 8.73. The maximum atomic E-state index is 12.1. The van der Waals surface area contributed by atoms with Crippen LogP contribution in [-0.2, 0) is 11.3 Å².